The highest BCUT2D eigenvalue weighted by molar-refractivity contribution is 5.91. The van der Waals surface area contributed by atoms with Crippen molar-refractivity contribution in [2.75, 3.05) is 20.8 Å². The Kier molecular flexibility index (Phi) is 6.53. The number of nitrogens with zero attached hydrogens (tertiary/aromatic N) is 1. The van der Waals surface area contributed by atoms with Crippen molar-refractivity contribution in [3.05, 3.63) is 65.6 Å². The molecule has 3 aromatic rings. The second kappa shape index (κ2) is 9.11. The van der Waals surface area contributed by atoms with Crippen LogP contribution < -0.4 is 14.8 Å². The number of benzene rings is 2. The summed E-state index contributed by atoms with van der Waals surface area (Å²) >= 11 is 0. The van der Waals surface area contributed by atoms with Crippen molar-refractivity contribution in [2.24, 2.45) is 0 Å². The number of ether oxygens (including phenoxy) is 2. The second-order valence-electron chi connectivity index (χ2n) is 6.62. The molecule has 0 fully saturated rings. The zero-order valence-electron chi connectivity index (χ0n) is 16.8. The average Bonchev–Trinajstić information content (AvgIpc) is 3.10. The Labute approximate surface area is 175 Å². The van der Waals surface area contributed by atoms with Crippen LogP contribution in [0.25, 0.3) is 17.0 Å². The highest BCUT2D eigenvalue weighted by Gasteiger charge is 2.35. The highest BCUT2D eigenvalue weighted by atomic mass is 19.4. The van der Waals surface area contributed by atoms with Crippen molar-refractivity contribution in [1.29, 1.82) is 0 Å². The van der Waals surface area contributed by atoms with Gasteiger partial charge in [0.05, 0.1) is 14.2 Å². The number of amides is 1. The van der Waals surface area contributed by atoms with E-state index in [1.165, 1.54) is 26.4 Å². The Morgan fingerprint density at radius 1 is 1.06 bits per heavy atom. The standard InChI is InChI=1S/C22H20F4N2O3/c1-30-18-7-3-14(11-19(18)31-2)4-8-21(29)27-9-10-28-17-6-5-16(23)12-15(17)13-20(28)22(24,25)26/h3-8,11-13H,9-10H2,1-2H3,(H,27,29). The molecule has 5 nitrogen and oxygen atoms in total. The van der Waals surface area contributed by atoms with Crippen molar-refractivity contribution in [2.45, 2.75) is 12.7 Å². The molecule has 0 atom stereocenters. The number of halogens is 4. The predicted octanol–water partition coefficient (Wildman–Crippen LogP) is 4.65. The van der Waals surface area contributed by atoms with Gasteiger partial charge in [0.15, 0.2) is 11.5 Å². The number of aromatic nitrogens is 1. The Bertz CT molecular complexity index is 1120. The van der Waals surface area contributed by atoms with E-state index in [2.05, 4.69) is 5.32 Å². The number of hydrogen-bond acceptors (Lipinski definition) is 3. The van der Waals surface area contributed by atoms with Gasteiger partial charge in [-0.25, -0.2) is 4.39 Å². The van der Waals surface area contributed by atoms with Crippen molar-refractivity contribution in [3.8, 4) is 11.5 Å². The number of carbonyl (C=O) groups excluding carboxylic acids is 1. The van der Waals surface area contributed by atoms with E-state index in [4.69, 9.17) is 9.47 Å². The molecule has 0 saturated heterocycles. The fourth-order valence-corrected chi connectivity index (χ4v) is 3.20. The van der Waals surface area contributed by atoms with E-state index in [1.54, 1.807) is 24.3 Å². The summed E-state index contributed by atoms with van der Waals surface area (Å²) in [5.74, 6) is -0.0399. The molecule has 0 aliphatic rings. The van der Waals surface area contributed by atoms with Gasteiger partial charge in [-0.15, -0.1) is 0 Å². The van der Waals surface area contributed by atoms with Crippen molar-refractivity contribution in [3.63, 3.8) is 0 Å². The Hall–Kier alpha value is -3.49. The lowest BCUT2D eigenvalue weighted by atomic mass is 10.2. The van der Waals surface area contributed by atoms with Gasteiger partial charge < -0.3 is 19.4 Å². The molecule has 2 aromatic carbocycles. The van der Waals surface area contributed by atoms with E-state index in [1.807, 2.05) is 0 Å². The van der Waals surface area contributed by atoms with Crippen LogP contribution >= 0.6 is 0 Å². The fraction of sp³-hybridized carbons (Fsp3) is 0.227. The second-order valence-corrected chi connectivity index (χ2v) is 6.62. The van der Waals surface area contributed by atoms with Gasteiger partial charge in [0, 0.05) is 30.1 Å². The fourth-order valence-electron chi connectivity index (χ4n) is 3.20. The SMILES string of the molecule is COc1ccc(C=CC(=O)NCCn2c(C(F)(F)F)cc3cc(F)ccc32)cc1OC. The van der Waals surface area contributed by atoms with Gasteiger partial charge in [-0.2, -0.15) is 13.2 Å². The molecule has 1 aromatic heterocycles. The van der Waals surface area contributed by atoms with Crippen LogP contribution in [0.15, 0.2) is 48.5 Å². The number of carbonyl (C=O) groups is 1. The van der Waals surface area contributed by atoms with E-state index < -0.39 is 23.6 Å². The predicted molar refractivity (Wildman–Crippen MR) is 108 cm³/mol. The van der Waals surface area contributed by atoms with Gasteiger partial charge in [0.1, 0.15) is 11.5 Å². The Morgan fingerprint density at radius 2 is 1.81 bits per heavy atom. The minimum Gasteiger partial charge on any atom is -0.493 e. The normalized spacial score (nSPS) is 11.8. The molecule has 164 valence electrons. The van der Waals surface area contributed by atoms with Crippen LogP contribution in [0.1, 0.15) is 11.3 Å². The maximum Gasteiger partial charge on any atom is 0.431 e. The minimum absolute atomic E-state index is 0.0423. The van der Waals surface area contributed by atoms with E-state index in [9.17, 15) is 22.4 Å². The summed E-state index contributed by atoms with van der Waals surface area (Å²) in [6.07, 6.45) is -1.78. The third kappa shape index (κ3) is 5.17. The number of rotatable bonds is 7. The van der Waals surface area contributed by atoms with Crippen LogP contribution in [0.2, 0.25) is 0 Å². The molecule has 0 saturated carbocycles. The number of methoxy groups -OCH3 is 2. The maximum atomic E-state index is 13.4. The smallest absolute Gasteiger partial charge is 0.431 e. The van der Waals surface area contributed by atoms with Crippen LogP contribution in [-0.2, 0) is 17.5 Å². The number of alkyl halides is 3. The summed E-state index contributed by atoms with van der Waals surface area (Å²) in [7, 11) is 3.00. The van der Waals surface area contributed by atoms with Crippen LogP contribution in [0.3, 0.4) is 0 Å². The number of nitrogens with one attached hydrogen (secondary N) is 1. The Morgan fingerprint density at radius 3 is 2.48 bits per heavy atom. The largest absolute Gasteiger partial charge is 0.493 e. The summed E-state index contributed by atoms with van der Waals surface area (Å²) in [4.78, 5) is 12.1. The van der Waals surface area contributed by atoms with Crippen LogP contribution in [0.5, 0.6) is 11.5 Å². The molecule has 9 heteroatoms. The van der Waals surface area contributed by atoms with E-state index in [0.717, 1.165) is 22.8 Å². The molecule has 31 heavy (non-hydrogen) atoms. The van der Waals surface area contributed by atoms with Crippen molar-refractivity contribution < 1.29 is 31.8 Å². The van der Waals surface area contributed by atoms with Crippen molar-refractivity contribution in [1.82, 2.24) is 9.88 Å². The molecule has 1 amide bonds. The van der Waals surface area contributed by atoms with Gasteiger partial charge in [0.2, 0.25) is 5.91 Å². The highest BCUT2D eigenvalue weighted by Crippen LogP contribution is 2.34. The first-order chi connectivity index (χ1) is 14.7. The van der Waals surface area contributed by atoms with Crippen LogP contribution in [0, 0.1) is 5.82 Å². The lowest BCUT2D eigenvalue weighted by Crippen LogP contribution is -2.26. The van der Waals surface area contributed by atoms with E-state index in [-0.39, 0.29) is 24.0 Å². The molecule has 0 bridgehead atoms. The molecular weight excluding hydrogens is 416 g/mol. The first-order valence-electron chi connectivity index (χ1n) is 9.27. The molecule has 0 aliphatic carbocycles. The summed E-state index contributed by atoms with van der Waals surface area (Å²) in [5, 5.41) is 2.70. The third-order valence-electron chi connectivity index (χ3n) is 4.62. The summed E-state index contributed by atoms with van der Waals surface area (Å²) < 4.78 is 64.8. The first kappa shape index (κ1) is 22.2. The van der Waals surface area contributed by atoms with Crippen molar-refractivity contribution >= 4 is 22.9 Å². The lowest BCUT2D eigenvalue weighted by Gasteiger charge is -2.13. The Balaban J connectivity index is 1.68. The quantitative estimate of drug-likeness (QED) is 0.434. The molecule has 0 unspecified atom stereocenters. The van der Waals surface area contributed by atoms with Gasteiger partial charge in [-0.3, -0.25) is 4.79 Å². The van der Waals surface area contributed by atoms with E-state index >= 15 is 0 Å². The minimum atomic E-state index is -4.60. The van der Waals surface area contributed by atoms with Gasteiger partial charge >= 0.3 is 6.18 Å². The molecule has 1 N–H and O–H groups in total. The van der Waals surface area contributed by atoms with Gasteiger partial charge in [-0.05, 0) is 48.0 Å². The van der Waals surface area contributed by atoms with E-state index in [0.29, 0.717) is 17.1 Å². The lowest BCUT2D eigenvalue weighted by molar-refractivity contribution is -0.143. The molecule has 0 aliphatic heterocycles. The third-order valence-corrected chi connectivity index (χ3v) is 4.62. The van der Waals surface area contributed by atoms with Gasteiger partial charge in [0.25, 0.3) is 0 Å². The van der Waals surface area contributed by atoms with Crippen LogP contribution in [-0.4, -0.2) is 31.2 Å². The zero-order valence-corrected chi connectivity index (χ0v) is 16.8. The monoisotopic (exact) mass is 436 g/mol. The first-order valence-corrected chi connectivity index (χ1v) is 9.27. The summed E-state index contributed by atoms with van der Waals surface area (Å²) in [6, 6.07) is 9.44. The molecule has 3 rings (SSSR count). The number of fused-ring (bicyclic) bond motifs is 1. The van der Waals surface area contributed by atoms with Gasteiger partial charge in [-0.1, -0.05) is 6.07 Å². The topological polar surface area (TPSA) is 52.5 Å². The molecule has 1 heterocycles. The zero-order chi connectivity index (χ0) is 22.6. The molecule has 0 radical (unpaired) electrons. The summed E-state index contributed by atoms with van der Waals surface area (Å²) in [6.45, 7) is -0.167. The molecular formula is C22H20F4N2O3. The van der Waals surface area contributed by atoms with Crippen LogP contribution in [0.4, 0.5) is 17.6 Å². The number of hydrogen-bond donors (Lipinski definition) is 1. The molecule has 0 spiro atoms. The maximum absolute atomic E-state index is 13.4. The average molecular weight is 436 g/mol. The summed E-state index contributed by atoms with van der Waals surface area (Å²) in [5.41, 5.74) is 0.0256.